The Morgan fingerprint density at radius 2 is 1.68 bits per heavy atom. The highest BCUT2D eigenvalue weighted by Gasteiger charge is 2.26. The maximum atomic E-state index is 13.2. The van der Waals surface area contributed by atoms with Crippen LogP contribution in [-0.4, -0.2) is 79.9 Å². The summed E-state index contributed by atoms with van der Waals surface area (Å²) in [5.41, 5.74) is 7.57. The van der Waals surface area contributed by atoms with Crippen LogP contribution in [0.2, 0.25) is 0 Å². The first-order chi connectivity index (χ1) is 17.8. The summed E-state index contributed by atoms with van der Waals surface area (Å²) < 4.78 is 18.4. The number of nitrogens with two attached hydrogens (primary N) is 1. The molecule has 0 saturated carbocycles. The van der Waals surface area contributed by atoms with Crippen molar-refractivity contribution >= 4 is 17.6 Å². The fourth-order valence-corrected chi connectivity index (χ4v) is 4.35. The predicted octanol–water partition coefficient (Wildman–Crippen LogP) is 2.47. The van der Waals surface area contributed by atoms with E-state index in [0.29, 0.717) is 43.9 Å². The molecule has 1 heterocycles. The van der Waals surface area contributed by atoms with Gasteiger partial charge in [-0.25, -0.2) is 4.39 Å². The number of hydrogen-bond acceptors (Lipinski definition) is 6. The molecule has 0 unspecified atom stereocenters. The van der Waals surface area contributed by atoms with Gasteiger partial charge < -0.3 is 25.6 Å². The van der Waals surface area contributed by atoms with Crippen molar-refractivity contribution < 1.29 is 23.5 Å². The molecule has 8 nitrogen and oxygen atoms in total. The minimum atomic E-state index is -0.573. The number of likely N-dealkylation sites (tertiary alicyclic amines) is 1. The quantitative estimate of drug-likeness (QED) is 0.424. The van der Waals surface area contributed by atoms with Crippen LogP contribution in [0.15, 0.2) is 48.5 Å². The van der Waals surface area contributed by atoms with Crippen LogP contribution in [0.25, 0.3) is 0 Å². The summed E-state index contributed by atoms with van der Waals surface area (Å²) in [7, 11) is 1.61. The lowest BCUT2D eigenvalue weighted by Gasteiger charge is -2.33. The highest BCUT2D eigenvalue weighted by Crippen LogP contribution is 2.22. The molecule has 2 aromatic rings. The van der Waals surface area contributed by atoms with Gasteiger partial charge in [-0.1, -0.05) is 12.1 Å². The van der Waals surface area contributed by atoms with Gasteiger partial charge in [-0.15, -0.1) is 0 Å². The van der Waals surface area contributed by atoms with Crippen molar-refractivity contribution in [2.75, 3.05) is 46.4 Å². The number of methoxy groups -OCH3 is 1. The van der Waals surface area contributed by atoms with Gasteiger partial charge in [-0.3, -0.25) is 14.4 Å². The second-order valence-electron chi connectivity index (χ2n) is 9.48. The van der Waals surface area contributed by atoms with E-state index < -0.39 is 6.04 Å². The number of piperidine rings is 1. The molecule has 2 aromatic carbocycles. The largest absolute Gasteiger partial charge is 0.383 e. The summed E-state index contributed by atoms with van der Waals surface area (Å²) in [6.07, 6.45) is 1.48. The van der Waals surface area contributed by atoms with E-state index in [1.54, 1.807) is 43.2 Å². The highest BCUT2D eigenvalue weighted by molar-refractivity contribution is 5.98. The van der Waals surface area contributed by atoms with Crippen molar-refractivity contribution in [3.63, 3.8) is 0 Å². The summed E-state index contributed by atoms with van der Waals surface area (Å²) in [6, 6.07) is 12.3. The molecule has 0 aromatic heterocycles. The van der Waals surface area contributed by atoms with Crippen LogP contribution in [0.3, 0.4) is 0 Å². The number of carbonyl (C=O) groups is 3. The Bertz CT molecular complexity index is 1040. The fourth-order valence-electron chi connectivity index (χ4n) is 4.35. The molecule has 0 spiro atoms. The van der Waals surface area contributed by atoms with E-state index in [2.05, 4.69) is 10.2 Å². The maximum absolute atomic E-state index is 13.2. The number of Topliss-reactive ketones (excluding diaryl/α,β-unsaturated/α-hetero) is 1. The van der Waals surface area contributed by atoms with E-state index in [-0.39, 0.29) is 29.3 Å². The Hall–Kier alpha value is -3.14. The van der Waals surface area contributed by atoms with E-state index >= 15 is 0 Å². The molecule has 1 saturated heterocycles. The van der Waals surface area contributed by atoms with Crippen LogP contribution < -0.4 is 11.1 Å². The summed E-state index contributed by atoms with van der Waals surface area (Å²) in [6.45, 7) is 5.67. The van der Waals surface area contributed by atoms with Crippen LogP contribution in [0.1, 0.15) is 46.0 Å². The highest BCUT2D eigenvalue weighted by atomic mass is 19.1. The minimum Gasteiger partial charge on any atom is -0.383 e. The summed E-state index contributed by atoms with van der Waals surface area (Å²) in [5, 5.41) is 2.76. The molecule has 1 aliphatic heterocycles. The standard InChI is InChI=1S/C28H37FN4O4/c1-20(30)27(35)31-19-21-3-5-24(6-4-21)28(36)33(17-18-37-2)16-15-32-13-11-23(12-14-32)26(34)22-7-9-25(29)10-8-22/h3-10,20,23H,11-19,30H2,1-2H3,(H,31,35)/t20-/m0/s1. The number of hydrogen-bond donors (Lipinski definition) is 2. The molecule has 1 fully saturated rings. The molecule has 200 valence electrons. The zero-order valence-corrected chi connectivity index (χ0v) is 21.6. The SMILES string of the molecule is COCCN(CCN1CCC(C(=O)c2ccc(F)cc2)CC1)C(=O)c1ccc(CNC(=O)[C@H](C)N)cc1. The first-order valence-corrected chi connectivity index (χ1v) is 12.7. The Morgan fingerprint density at radius 1 is 1.05 bits per heavy atom. The lowest BCUT2D eigenvalue weighted by molar-refractivity contribution is -0.122. The van der Waals surface area contributed by atoms with Gasteiger partial charge in [0.25, 0.3) is 5.91 Å². The second-order valence-corrected chi connectivity index (χ2v) is 9.48. The number of rotatable bonds is 12. The molecular weight excluding hydrogens is 475 g/mol. The molecule has 37 heavy (non-hydrogen) atoms. The first-order valence-electron chi connectivity index (χ1n) is 12.7. The Kier molecular flexibility index (Phi) is 10.7. The van der Waals surface area contributed by atoms with Gasteiger partial charge in [0.1, 0.15) is 5.82 Å². The van der Waals surface area contributed by atoms with Crippen molar-refractivity contribution in [2.45, 2.75) is 32.4 Å². The third-order valence-corrected chi connectivity index (χ3v) is 6.71. The van der Waals surface area contributed by atoms with Gasteiger partial charge in [0.15, 0.2) is 5.78 Å². The van der Waals surface area contributed by atoms with E-state index in [1.807, 2.05) is 12.1 Å². The van der Waals surface area contributed by atoms with Crippen LogP contribution in [0.5, 0.6) is 0 Å². The summed E-state index contributed by atoms with van der Waals surface area (Å²) in [4.78, 5) is 41.7. The molecule has 3 N–H and O–H groups in total. The number of carbonyl (C=O) groups excluding carboxylic acids is 3. The number of amides is 2. The first kappa shape index (κ1) is 28.4. The number of nitrogens with one attached hydrogen (secondary N) is 1. The molecule has 3 rings (SSSR count). The Labute approximate surface area is 217 Å². The third kappa shape index (κ3) is 8.45. The van der Waals surface area contributed by atoms with Crippen LogP contribution in [0, 0.1) is 11.7 Å². The van der Waals surface area contributed by atoms with Gasteiger partial charge in [0, 0.05) is 50.3 Å². The average molecular weight is 513 g/mol. The molecule has 1 aliphatic rings. The number of ketones is 1. The van der Waals surface area contributed by atoms with E-state index in [9.17, 15) is 18.8 Å². The zero-order valence-electron chi connectivity index (χ0n) is 21.6. The minimum absolute atomic E-state index is 0.0655. The summed E-state index contributed by atoms with van der Waals surface area (Å²) in [5.74, 6) is -0.652. The van der Waals surface area contributed by atoms with Crippen LogP contribution in [0.4, 0.5) is 4.39 Å². The van der Waals surface area contributed by atoms with Gasteiger partial charge in [-0.2, -0.15) is 0 Å². The molecule has 9 heteroatoms. The monoisotopic (exact) mass is 512 g/mol. The molecule has 0 bridgehead atoms. The van der Waals surface area contributed by atoms with E-state index in [0.717, 1.165) is 31.5 Å². The third-order valence-electron chi connectivity index (χ3n) is 6.71. The van der Waals surface area contributed by atoms with Crippen molar-refractivity contribution in [1.82, 2.24) is 15.1 Å². The van der Waals surface area contributed by atoms with Crippen molar-refractivity contribution in [2.24, 2.45) is 11.7 Å². The molecule has 0 aliphatic carbocycles. The van der Waals surface area contributed by atoms with Crippen molar-refractivity contribution in [3.8, 4) is 0 Å². The van der Waals surface area contributed by atoms with Crippen molar-refractivity contribution in [1.29, 1.82) is 0 Å². The normalized spacial score (nSPS) is 15.2. The Morgan fingerprint density at radius 3 is 2.27 bits per heavy atom. The van der Waals surface area contributed by atoms with Crippen LogP contribution in [-0.2, 0) is 16.1 Å². The predicted molar refractivity (Wildman–Crippen MR) is 140 cm³/mol. The van der Waals surface area contributed by atoms with Gasteiger partial charge in [-0.05, 0) is 74.8 Å². The molecular formula is C28H37FN4O4. The molecule has 1 atom stereocenters. The number of halogens is 1. The second kappa shape index (κ2) is 14.0. The van der Waals surface area contributed by atoms with Crippen molar-refractivity contribution in [3.05, 3.63) is 71.0 Å². The number of nitrogens with zero attached hydrogens (tertiary/aromatic N) is 2. The zero-order chi connectivity index (χ0) is 26.8. The maximum Gasteiger partial charge on any atom is 0.253 e. The Balaban J connectivity index is 1.51. The van der Waals surface area contributed by atoms with Crippen LogP contribution >= 0.6 is 0 Å². The van der Waals surface area contributed by atoms with Gasteiger partial charge in [0.05, 0.1) is 12.6 Å². The number of ether oxygens (including phenoxy) is 1. The summed E-state index contributed by atoms with van der Waals surface area (Å²) >= 11 is 0. The molecule has 0 radical (unpaired) electrons. The lowest BCUT2D eigenvalue weighted by atomic mass is 9.89. The van der Waals surface area contributed by atoms with Gasteiger partial charge >= 0.3 is 0 Å². The smallest absolute Gasteiger partial charge is 0.253 e. The topological polar surface area (TPSA) is 105 Å². The van der Waals surface area contributed by atoms with Gasteiger partial charge in [0.2, 0.25) is 5.91 Å². The lowest BCUT2D eigenvalue weighted by Crippen LogP contribution is -2.43. The molecule has 2 amide bonds. The average Bonchev–Trinajstić information content (AvgIpc) is 2.92. The van der Waals surface area contributed by atoms with E-state index in [4.69, 9.17) is 10.5 Å². The number of benzene rings is 2. The fraction of sp³-hybridized carbons (Fsp3) is 0.464. The van der Waals surface area contributed by atoms with E-state index in [1.165, 1.54) is 12.1 Å².